The third kappa shape index (κ3) is 7.09. The number of amides is 1. The molecule has 1 atom stereocenters. The van der Waals surface area contributed by atoms with Crippen LogP contribution in [-0.4, -0.2) is 22.1 Å². The van der Waals surface area contributed by atoms with Gasteiger partial charge in [-0.3, -0.25) is 10.1 Å². The minimum atomic E-state index is -1.15. The van der Waals surface area contributed by atoms with E-state index >= 15 is 0 Å². The molecule has 0 saturated carbocycles. The van der Waals surface area contributed by atoms with Gasteiger partial charge in [0, 0.05) is 27.9 Å². The number of allylic oxidation sites excluding steroid dienone is 3. The van der Waals surface area contributed by atoms with Crippen LogP contribution in [0.4, 0.5) is 4.79 Å². The van der Waals surface area contributed by atoms with Gasteiger partial charge in [-0.15, -0.1) is 17.9 Å². The first-order chi connectivity index (χ1) is 15.2. The fourth-order valence-electron chi connectivity index (χ4n) is 2.98. The number of hydrogen-bond donors (Lipinski definition) is 3. The van der Waals surface area contributed by atoms with Gasteiger partial charge in [-0.2, -0.15) is 0 Å². The quantitative estimate of drug-likeness (QED) is 0.234. The van der Waals surface area contributed by atoms with Crippen molar-refractivity contribution >= 4 is 29.3 Å². The van der Waals surface area contributed by atoms with Gasteiger partial charge in [0.1, 0.15) is 17.1 Å². The van der Waals surface area contributed by atoms with E-state index in [1.807, 2.05) is 25.1 Å². The summed E-state index contributed by atoms with van der Waals surface area (Å²) in [7, 11) is 0. The van der Waals surface area contributed by atoms with Gasteiger partial charge in [0.15, 0.2) is 5.78 Å². The molecule has 2 aromatic rings. The molecule has 0 spiro atoms. The Bertz CT molecular complexity index is 1090. The molecule has 0 radical (unpaired) electrons. The molecule has 0 aliphatic rings. The normalized spacial score (nSPS) is 12.6. The number of aryl methyl sites for hydroxylation is 1. The first-order valence-corrected chi connectivity index (χ1v) is 11.0. The Balaban J connectivity index is 2.12. The molecule has 2 rings (SSSR count). The molecule has 2 heterocycles. The van der Waals surface area contributed by atoms with Crippen LogP contribution in [0.25, 0.3) is 6.08 Å². The predicted molar refractivity (Wildman–Crippen MR) is 125 cm³/mol. The number of ketones is 1. The third-order valence-corrected chi connectivity index (χ3v) is 5.84. The molecule has 1 unspecified atom stereocenters. The van der Waals surface area contributed by atoms with Crippen molar-refractivity contribution in [2.24, 2.45) is 0 Å². The van der Waals surface area contributed by atoms with Crippen molar-refractivity contribution in [3.8, 4) is 5.75 Å². The van der Waals surface area contributed by atoms with E-state index in [9.17, 15) is 19.5 Å². The summed E-state index contributed by atoms with van der Waals surface area (Å²) in [5.74, 6) is -0.958. The predicted octanol–water partition coefficient (Wildman–Crippen LogP) is 5.48. The Hall–Kier alpha value is -3.39. The van der Waals surface area contributed by atoms with Crippen LogP contribution in [0.3, 0.4) is 0 Å². The Morgan fingerprint density at radius 3 is 2.72 bits per heavy atom. The zero-order chi connectivity index (χ0) is 23.7. The molecule has 32 heavy (non-hydrogen) atoms. The van der Waals surface area contributed by atoms with Gasteiger partial charge in [0.25, 0.3) is 0 Å². The molecule has 0 saturated heterocycles. The third-order valence-electron chi connectivity index (χ3n) is 4.75. The maximum absolute atomic E-state index is 12.8. The fraction of sp³-hybridized carbons (Fsp3) is 0.292. The van der Waals surface area contributed by atoms with Crippen molar-refractivity contribution < 1.29 is 24.2 Å². The van der Waals surface area contributed by atoms with Crippen LogP contribution in [0, 0.1) is 0 Å². The summed E-state index contributed by atoms with van der Waals surface area (Å²) in [6.45, 7) is 7.11. The summed E-state index contributed by atoms with van der Waals surface area (Å²) in [5, 5.41) is 21.0. The number of nitrogens with one attached hydrogen (secondary N) is 1. The van der Waals surface area contributed by atoms with E-state index in [0.29, 0.717) is 18.4 Å². The molecular weight excluding hydrogens is 430 g/mol. The van der Waals surface area contributed by atoms with Crippen LogP contribution in [0.15, 0.2) is 57.9 Å². The Morgan fingerprint density at radius 2 is 2.06 bits per heavy atom. The zero-order valence-electron chi connectivity index (χ0n) is 18.1. The largest absolute Gasteiger partial charge is 0.507 e. The SMILES string of the molecule is C=CCCc1ccc(/C=C(\C)C(=O)c2c(O)cc(C(C)CC/C=C/NC(=O)O)oc2=O)s1. The number of aromatic hydroxyl groups is 1. The lowest BCUT2D eigenvalue weighted by Crippen LogP contribution is -2.16. The number of hydrogen-bond acceptors (Lipinski definition) is 6. The number of Topliss-reactive ketones (excluding diaryl/α,β-unsaturated/α-hetero) is 1. The maximum Gasteiger partial charge on any atom is 0.408 e. The summed E-state index contributed by atoms with van der Waals surface area (Å²) < 4.78 is 5.31. The molecule has 7 nitrogen and oxygen atoms in total. The number of rotatable bonds is 11. The summed E-state index contributed by atoms with van der Waals surface area (Å²) >= 11 is 1.56. The first-order valence-electron chi connectivity index (χ1n) is 10.2. The minimum Gasteiger partial charge on any atom is -0.507 e. The molecule has 3 N–H and O–H groups in total. The number of thiophene rings is 1. The molecule has 8 heteroatoms. The standard InChI is InChI=1S/C24H27NO6S/c1-4-5-9-17-10-11-18(32-17)13-16(3)22(27)21-19(26)14-20(31-23(21)28)15(2)8-6-7-12-25-24(29)30/h4,7,10-15,25-26H,1,5-6,8-9H2,2-3H3,(H,29,30)/b12-7+,16-13+. The molecule has 1 amide bonds. The molecule has 0 aliphatic heterocycles. The first kappa shape index (κ1) is 24.9. The monoisotopic (exact) mass is 457 g/mol. The highest BCUT2D eigenvalue weighted by Crippen LogP contribution is 2.27. The topological polar surface area (TPSA) is 117 Å². The number of carbonyl (C=O) groups excluding carboxylic acids is 1. The van der Waals surface area contributed by atoms with Crippen LogP contribution in [-0.2, 0) is 6.42 Å². The van der Waals surface area contributed by atoms with E-state index in [-0.39, 0.29) is 17.2 Å². The molecule has 0 fully saturated rings. The summed E-state index contributed by atoms with van der Waals surface area (Å²) in [6.07, 6.45) is 8.19. The number of carbonyl (C=O) groups is 2. The highest BCUT2D eigenvalue weighted by atomic mass is 32.1. The van der Waals surface area contributed by atoms with Crippen LogP contribution in [0.1, 0.15) is 64.9 Å². The molecule has 0 aromatic carbocycles. The lowest BCUT2D eigenvalue weighted by molar-refractivity contribution is 0.102. The Labute approximate surface area is 190 Å². The van der Waals surface area contributed by atoms with Gasteiger partial charge in [-0.1, -0.05) is 19.1 Å². The maximum atomic E-state index is 12.8. The smallest absolute Gasteiger partial charge is 0.408 e. The molecule has 170 valence electrons. The van der Waals surface area contributed by atoms with Crippen molar-refractivity contribution in [2.45, 2.75) is 45.4 Å². The highest BCUT2D eigenvalue weighted by molar-refractivity contribution is 7.12. The van der Waals surface area contributed by atoms with E-state index in [0.717, 1.165) is 17.7 Å². The van der Waals surface area contributed by atoms with E-state index in [1.165, 1.54) is 17.1 Å². The van der Waals surface area contributed by atoms with E-state index < -0.39 is 23.3 Å². The lowest BCUT2D eigenvalue weighted by atomic mass is 10.00. The van der Waals surface area contributed by atoms with Crippen molar-refractivity contribution in [1.82, 2.24) is 5.32 Å². The minimum absolute atomic E-state index is 0.219. The second-order valence-corrected chi connectivity index (χ2v) is 8.51. The summed E-state index contributed by atoms with van der Waals surface area (Å²) in [5.41, 5.74) is -0.948. The van der Waals surface area contributed by atoms with Gasteiger partial charge in [0.05, 0.1) is 0 Å². The van der Waals surface area contributed by atoms with Gasteiger partial charge < -0.3 is 14.6 Å². The highest BCUT2D eigenvalue weighted by Gasteiger charge is 2.22. The second kappa shape index (κ2) is 11.9. The Morgan fingerprint density at radius 1 is 1.31 bits per heavy atom. The van der Waals surface area contributed by atoms with Crippen LogP contribution < -0.4 is 10.9 Å². The second-order valence-electron chi connectivity index (χ2n) is 7.31. The summed E-state index contributed by atoms with van der Waals surface area (Å²) in [6, 6.07) is 5.20. The lowest BCUT2D eigenvalue weighted by Gasteiger charge is -2.11. The van der Waals surface area contributed by atoms with Gasteiger partial charge in [-0.05, 0) is 56.4 Å². The van der Waals surface area contributed by atoms with Crippen LogP contribution >= 0.6 is 11.3 Å². The van der Waals surface area contributed by atoms with Crippen LogP contribution in [0.5, 0.6) is 5.75 Å². The van der Waals surface area contributed by atoms with Crippen LogP contribution in [0.2, 0.25) is 0 Å². The zero-order valence-corrected chi connectivity index (χ0v) is 18.9. The van der Waals surface area contributed by atoms with Crippen molar-refractivity contribution in [3.05, 3.63) is 80.2 Å². The fourth-order valence-corrected chi connectivity index (χ4v) is 4.01. The van der Waals surface area contributed by atoms with Gasteiger partial charge in [-0.25, -0.2) is 9.59 Å². The van der Waals surface area contributed by atoms with Crippen molar-refractivity contribution in [1.29, 1.82) is 0 Å². The Kier molecular flexibility index (Phi) is 9.22. The molecule has 0 aliphatic carbocycles. The average molecular weight is 458 g/mol. The van der Waals surface area contributed by atoms with E-state index in [4.69, 9.17) is 9.52 Å². The van der Waals surface area contributed by atoms with Crippen molar-refractivity contribution in [3.63, 3.8) is 0 Å². The molecule has 2 aromatic heterocycles. The number of carboxylic acid groups (broad SMARTS) is 1. The van der Waals surface area contributed by atoms with E-state index in [1.54, 1.807) is 30.4 Å². The van der Waals surface area contributed by atoms with Crippen molar-refractivity contribution in [2.75, 3.05) is 0 Å². The summed E-state index contributed by atoms with van der Waals surface area (Å²) in [4.78, 5) is 37.7. The van der Waals surface area contributed by atoms with Gasteiger partial charge >= 0.3 is 11.7 Å². The average Bonchev–Trinajstić information content (AvgIpc) is 3.18. The van der Waals surface area contributed by atoms with E-state index in [2.05, 4.69) is 11.9 Å². The van der Waals surface area contributed by atoms with Gasteiger partial charge in [0.2, 0.25) is 0 Å². The molecule has 0 bridgehead atoms. The molecular formula is C24H27NO6S.